The van der Waals surface area contributed by atoms with Gasteiger partial charge in [0.05, 0.1) is 19.3 Å². The average molecular weight is 367 g/mol. The average Bonchev–Trinajstić information content (AvgIpc) is 3.34. The minimum Gasteiger partial charge on any atom is -0.497 e. The molecule has 4 unspecified atom stereocenters. The van der Waals surface area contributed by atoms with E-state index in [1.165, 1.54) is 0 Å². The highest BCUT2D eigenvalue weighted by Gasteiger charge is 2.78. The minimum absolute atomic E-state index is 0.0514. The molecule has 4 aliphatic rings. The molecule has 26 heavy (non-hydrogen) atoms. The van der Waals surface area contributed by atoms with Gasteiger partial charge in [-0.25, -0.2) is 0 Å². The molecule has 4 nitrogen and oxygen atoms in total. The fourth-order valence-electron chi connectivity index (χ4n) is 5.97. The molecule has 0 aromatic heterocycles. The van der Waals surface area contributed by atoms with E-state index in [0.717, 1.165) is 41.0 Å². The number of nitrogens with zero attached hydrogens (tertiary/aromatic N) is 1. The summed E-state index contributed by atoms with van der Waals surface area (Å²) in [6, 6.07) is 5.26. The van der Waals surface area contributed by atoms with Gasteiger partial charge in [0.1, 0.15) is 11.4 Å². The van der Waals surface area contributed by atoms with Gasteiger partial charge in [0, 0.05) is 12.0 Å². The second-order valence-electron chi connectivity index (χ2n) is 7.86. The monoisotopic (exact) mass is 367 g/mol. The Morgan fingerprint density at radius 2 is 2.15 bits per heavy atom. The van der Waals surface area contributed by atoms with Crippen molar-refractivity contribution in [2.24, 2.45) is 0 Å². The molecule has 2 bridgehead atoms. The molecule has 2 aliphatic heterocycles. The van der Waals surface area contributed by atoms with E-state index in [0.29, 0.717) is 12.8 Å². The maximum absolute atomic E-state index is 13.2. The van der Waals surface area contributed by atoms with Crippen LogP contribution in [-0.2, 0) is 21.4 Å². The summed E-state index contributed by atoms with van der Waals surface area (Å²) in [4.78, 5) is 13.1. The van der Waals surface area contributed by atoms with Crippen molar-refractivity contribution < 1.29 is 27.4 Å². The SMILES string of the molecule is COc1ccc2c(c1)C13CCCC4OC41C(C2)N(C(=O)C(F)(F)F)CC3. The number of benzene rings is 1. The molecule has 2 aliphatic carbocycles. The lowest BCUT2D eigenvalue weighted by Gasteiger charge is -2.57. The first-order chi connectivity index (χ1) is 12.3. The van der Waals surface area contributed by atoms with Crippen molar-refractivity contribution in [3.63, 3.8) is 0 Å². The molecule has 3 fully saturated rings. The van der Waals surface area contributed by atoms with Gasteiger partial charge in [-0.2, -0.15) is 13.2 Å². The number of amides is 1. The zero-order valence-corrected chi connectivity index (χ0v) is 14.4. The lowest BCUT2D eigenvalue weighted by Crippen LogP contribution is -2.69. The summed E-state index contributed by atoms with van der Waals surface area (Å²) in [5, 5.41) is 0. The Morgan fingerprint density at radius 3 is 2.88 bits per heavy atom. The maximum Gasteiger partial charge on any atom is 0.471 e. The van der Waals surface area contributed by atoms with E-state index < -0.39 is 23.7 Å². The van der Waals surface area contributed by atoms with Crippen LogP contribution in [0.4, 0.5) is 13.2 Å². The Morgan fingerprint density at radius 1 is 1.35 bits per heavy atom. The summed E-state index contributed by atoms with van der Waals surface area (Å²) >= 11 is 0. The van der Waals surface area contributed by atoms with E-state index in [9.17, 15) is 18.0 Å². The highest BCUT2D eigenvalue weighted by Crippen LogP contribution is 2.68. The molecule has 1 saturated carbocycles. The summed E-state index contributed by atoms with van der Waals surface area (Å²) in [5.41, 5.74) is 1.18. The summed E-state index contributed by atoms with van der Waals surface area (Å²) in [6.07, 6.45) is -1.27. The van der Waals surface area contributed by atoms with Crippen molar-refractivity contribution in [2.75, 3.05) is 13.7 Å². The van der Waals surface area contributed by atoms with Crippen LogP contribution in [0.25, 0.3) is 0 Å². The molecule has 2 saturated heterocycles. The number of ether oxygens (including phenoxy) is 2. The third-order valence-electron chi connectivity index (χ3n) is 6.98. The van der Waals surface area contributed by atoms with Crippen LogP contribution in [0.2, 0.25) is 0 Å². The highest BCUT2D eigenvalue weighted by atomic mass is 19.4. The fourth-order valence-corrected chi connectivity index (χ4v) is 5.97. The van der Waals surface area contributed by atoms with Crippen LogP contribution in [0.3, 0.4) is 0 Å². The van der Waals surface area contributed by atoms with E-state index in [4.69, 9.17) is 9.47 Å². The van der Waals surface area contributed by atoms with E-state index in [2.05, 4.69) is 0 Å². The number of hydrogen-bond donors (Lipinski definition) is 0. The predicted octanol–water partition coefficient (Wildman–Crippen LogP) is 2.97. The molecule has 1 spiro atoms. The van der Waals surface area contributed by atoms with E-state index >= 15 is 0 Å². The summed E-state index contributed by atoms with van der Waals surface area (Å²) < 4.78 is 51.0. The number of epoxide rings is 1. The number of carbonyl (C=O) groups excluding carboxylic acids is 1. The van der Waals surface area contributed by atoms with Crippen molar-refractivity contribution >= 4 is 5.91 Å². The zero-order chi connectivity index (χ0) is 18.3. The lowest BCUT2D eigenvalue weighted by molar-refractivity contribution is -0.193. The van der Waals surface area contributed by atoms with Crippen molar-refractivity contribution in [3.8, 4) is 5.75 Å². The number of fused-ring (bicyclic) bond motifs is 1. The first kappa shape index (κ1) is 16.4. The van der Waals surface area contributed by atoms with Crippen LogP contribution in [-0.4, -0.2) is 48.4 Å². The topological polar surface area (TPSA) is 42.1 Å². The van der Waals surface area contributed by atoms with Gasteiger partial charge in [0.25, 0.3) is 0 Å². The standard InChI is InChI=1S/C19H20F3NO3/c1-25-12-5-4-11-9-14-18-15(26-18)3-2-6-17(18,13(11)10-12)7-8-23(14)16(24)19(20,21)22/h4-5,10,14-15H,2-3,6-9H2,1H3. The van der Waals surface area contributed by atoms with Gasteiger partial charge >= 0.3 is 12.1 Å². The Balaban J connectivity index is 1.66. The maximum atomic E-state index is 13.2. The second kappa shape index (κ2) is 4.94. The van der Waals surface area contributed by atoms with Gasteiger partial charge < -0.3 is 14.4 Å². The first-order valence-corrected chi connectivity index (χ1v) is 9.06. The third kappa shape index (κ3) is 1.82. The largest absolute Gasteiger partial charge is 0.497 e. The number of rotatable bonds is 1. The summed E-state index contributed by atoms with van der Waals surface area (Å²) in [6.45, 7) is 0.123. The molecular weight excluding hydrogens is 347 g/mol. The molecule has 7 heteroatoms. The van der Waals surface area contributed by atoms with Gasteiger partial charge in [-0.15, -0.1) is 0 Å². The first-order valence-electron chi connectivity index (χ1n) is 9.06. The molecule has 0 radical (unpaired) electrons. The molecule has 2 heterocycles. The Bertz CT molecular complexity index is 795. The number of methoxy groups -OCH3 is 1. The van der Waals surface area contributed by atoms with Crippen LogP contribution in [0.1, 0.15) is 36.8 Å². The normalized spacial score (nSPS) is 37.3. The van der Waals surface area contributed by atoms with Crippen LogP contribution in [0.15, 0.2) is 18.2 Å². The van der Waals surface area contributed by atoms with Crippen LogP contribution in [0, 0.1) is 0 Å². The van der Waals surface area contributed by atoms with Crippen molar-refractivity contribution in [1.82, 2.24) is 4.90 Å². The molecule has 0 N–H and O–H groups in total. The van der Waals surface area contributed by atoms with Crippen LogP contribution < -0.4 is 4.74 Å². The molecule has 140 valence electrons. The Labute approximate surface area is 149 Å². The lowest BCUT2D eigenvalue weighted by atomic mass is 9.52. The smallest absolute Gasteiger partial charge is 0.471 e. The van der Waals surface area contributed by atoms with Crippen molar-refractivity contribution in [2.45, 2.75) is 61.4 Å². The van der Waals surface area contributed by atoms with Gasteiger partial charge in [-0.05, 0) is 55.4 Å². The van der Waals surface area contributed by atoms with Gasteiger partial charge in [-0.1, -0.05) is 6.07 Å². The number of likely N-dealkylation sites (tertiary alicyclic amines) is 1. The molecule has 1 aromatic carbocycles. The molecule has 5 rings (SSSR count). The van der Waals surface area contributed by atoms with E-state index in [1.54, 1.807) is 7.11 Å². The summed E-state index contributed by atoms with van der Waals surface area (Å²) in [5.74, 6) is -0.981. The van der Waals surface area contributed by atoms with Gasteiger partial charge in [-0.3, -0.25) is 4.79 Å². The van der Waals surface area contributed by atoms with Crippen molar-refractivity contribution in [3.05, 3.63) is 29.3 Å². The number of piperidine rings is 1. The summed E-state index contributed by atoms with van der Waals surface area (Å²) in [7, 11) is 1.61. The fraction of sp³-hybridized carbons (Fsp3) is 0.632. The minimum atomic E-state index is -4.85. The molecule has 4 atom stereocenters. The van der Waals surface area contributed by atoms with E-state index in [1.807, 2.05) is 18.2 Å². The second-order valence-corrected chi connectivity index (χ2v) is 7.86. The Hall–Kier alpha value is -1.76. The molecule has 1 amide bonds. The number of halogens is 3. The van der Waals surface area contributed by atoms with E-state index in [-0.39, 0.29) is 18.1 Å². The number of alkyl halides is 3. The highest BCUT2D eigenvalue weighted by molar-refractivity contribution is 5.83. The van der Waals surface area contributed by atoms with Crippen LogP contribution >= 0.6 is 0 Å². The predicted molar refractivity (Wildman–Crippen MR) is 86.0 cm³/mol. The molecule has 1 aromatic rings. The van der Waals surface area contributed by atoms with Crippen LogP contribution in [0.5, 0.6) is 5.75 Å². The Kier molecular flexibility index (Phi) is 3.12. The third-order valence-corrected chi connectivity index (χ3v) is 6.98. The number of hydrogen-bond acceptors (Lipinski definition) is 3. The molecular formula is C19H20F3NO3. The number of carbonyl (C=O) groups is 1. The quantitative estimate of drug-likeness (QED) is 0.717. The zero-order valence-electron chi connectivity index (χ0n) is 14.4. The van der Waals surface area contributed by atoms with Gasteiger partial charge in [0.2, 0.25) is 0 Å². The van der Waals surface area contributed by atoms with Crippen molar-refractivity contribution in [1.29, 1.82) is 0 Å². The van der Waals surface area contributed by atoms with Gasteiger partial charge in [0.15, 0.2) is 0 Å².